The van der Waals surface area contributed by atoms with Crippen molar-refractivity contribution in [2.24, 2.45) is 0 Å². The van der Waals surface area contributed by atoms with Crippen molar-refractivity contribution in [1.82, 2.24) is 9.13 Å². The number of carbonyl (C=O) groups excluding carboxylic acids is 1. The molecule has 0 amide bonds. The van der Waals surface area contributed by atoms with Gasteiger partial charge in [-0.1, -0.05) is 99.2 Å². The van der Waals surface area contributed by atoms with Crippen LogP contribution in [-0.4, -0.2) is 33.3 Å². The monoisotopic (exact) mass is 704 g/mol. The quantitative estimate of drug-likeness (QED) is 0.185. The van der Waals surface area contributed by atoms with Gasteiger partial charge in [-0.3, -0.25) is 0 Å². The average Bonchev–Trinajstić information content (AvgIpc) is 3.74. The zero-order valence-electron chi connectivity index (χ0n) is 30.7. The van der Waals surface area contributed by atoms with Crippen molar-refractivity contribution in [3.8, 4) is 22.5 Å². The molecule has 2 aromatic heterocycles. The standard InChI is InChI=1S/C24H25NO2.C23H23NO2/c1-27-24(26)18-11-12-20-21(15-18)25-14-13-16-7-5-6-10-19(16)23(25)22(20)17-8-3-2-4-9-17;25-23(26)17-10-11-19-20(14-17)24-13-12-15-6-4-5-9-18(15)22(24)21(19)16-7-2-1-3-8-16/h5-7,10-12,15,17H,2-4,8-9,13-14H2,1H3;4-6,9-11,14,16H,1-3,7-8,12-13H2,(H,25,26). The van der Waals surface area contributed by atoms with E-state index in [0.29, 0.717) is 23.0 Å². The van der Waals surface area contributed by atoms with Crippen molar-refractivity contribution in [2.75, 3.05) is 7.11 Å². The number of methoxy groups -OCH3 is 1. The molecule has 2 aliphatic carbocycles. The van der Waals surface area contributed by atoms with Crippen molar-refractivity contribution in [3.05, 3.63) is 118 Å². The number of hydrogen-bond acceptors (Lipinski definition) is 3. The normalized spacial score (nSPS) is 16.9. The maximum Gasteiger partial charge on any atom is 0.337 e. The number of rotatable bonds is 4. The highest BCUT2D eigenvalue weighted by molar-refractivity contribution is 6.00. The molecule has 4 aliphatic rings. The van der Waals surface area contributed by atoms with E-state index in [1.54, 1.807) is 6.07 Å². The van der Waals surface area contributed by atoms with Gasteiger partial charge in [0, 0.05) is 46.0 Å². The molecule has 0 saturated heterocycles. The van der Waals surface area contributed by atoms with Crippen LogP contribution >= 0.6 is 0 Å². The Morgan fingerprint density at radius 2 is 1.06 bits per heavy atom. The van der Waals surface area contributed by atoms with Crippen LogP contribution < -0.4 is 0 Å². The zero-order valence-corrected chi connectivity index (χ0v) is 30.7. The largest absolute Gasteiger partial charge is 0.478 e. The van der Waals surface area contributed by atoms with Crippen molar-refractivity contribution in [1.29, 1.82) is 0 Å². The minimum atomic E-state index is -0.849. The molecule has 53 heavy (non-hydrogen) atoms. The third-order valence-corrected chi connectivity index (χ3v) is 12.7. The van der Waals surface area contributed by atoms with E-state index >= 15 is 0 Å². The van der Waals surface area contributed by atoms with E-state index in [1.165, 1.54) is 132 Å². The van der Waals surface area contributed by atoms with E-state index in [2.05, 4.69) is 69.8 Å². The summed E-state index contributed by atoms with van der Waals surface area (Å²) in [6, 6.07) is 29.4. The number of esters is 1. The van der Waals surface area contributed by atoms with Crippen LogP contribution in [0.4, 0.5) is 0 Å². The van der Waals surface area contributed by atoms with Crippen LogP contribution in [0.3, 0.4) is 0 Å². The summed E-state index contributed by atoms with van der Waals surface area (Å²) in [5.41, 5.74) is 14.6. The SMILES string of the molecule is COC(=O)c1ccc2c(C3CCCCC3)c3n(c2c1)CCc1ccccc1-3.O=C(O)c1ccc2c(C3CCCCC3)c3n(c2c1)CCc1ccccc1-3. The van der Waals surface area contributed by atoms with Gasteiger partial charge in [0.2, 0.25) is 0 Å². The fourth-order valence-corrected chi connectivity index (χ4v) is 10.2. The first-order chi connectivity index (χ1) is 26.0. The Kier molecular flexibility index (Phi) is 8.93. The van der Waals surface area contributed by atoms with Crippen LogP contribution in [0, 0.1) is 0 Å². The van der Waals surface area contributed by atoms with Gasteiger partial charge in [0.15, 0.2) is 0 Å². The molecule has 6 heteroatoms. The number of carbonyl (C=O) groups is 2. The number of carboxylic acids is 1. The van der Waals surface area contributed by atoms with E-state index in [-0.39, 0.29) is 5.97 Å². The number of hydrogen-bond donors (Lipinski definition) is 1. The molecular formula is C47H48N2O4. The Balaban J connectivity index is 0.000000141. The van der Waals surface area contributed by atoms with E-state index in [9.17, 15) is 14.7 Å². The minimum Gasteiger partial charge on any atom is -0.478 e. The summed E-state index contributed by atoms with van der Waals surface area (Å²) >= 11 is 0. The lowest BCUT2D eigenvalue weighted by Gasteiger charge is -2.26. The van der Waals surface area contributed by atoms with Gasteiger partial charge in [-0.05, 0) is 96.9 Å². The fraction of sp³-hybridized carbons (Fsp3) is 0.362. The molecule has 0 radical (unpaired) electrons. The van der Waals surface area contributed by atoms with Crippen LogP contribution in [0.25, 0.3) is 44.3 Å². The number of carboxylic acid groups (broad SMARTS) is 1. The second kappa shape index (κ2) is 14.0. The summed E-state index contributed by atoms with van der Waals surface area (Å²) in [6.45, 7) is 1.90. The maximum absolute atomic E-state index is 12.1. The summed E-state index contributed by atoms with van der Waals surface area (Å²) in [5, 5.41) is 12.0. The first kappa shape index (κ1) is 33.7. The molecule has 2 fully saturated rings. The molecule has 6 nitrogen and oxygen atoms in total. The molecule has 10 rings (SSSR count). The van der Waals surface area contributed by atoms with Crippen LogP contribution in [0.1, 0.15) is 119 Å². The second-order valence-corrected chi connectivity index (χ2v) is 15.6. The van der Waals surface area contributed by atoms with Gasteiger partial charge < -0.3 is 19.0 Å². The topological polar surface area (TPSA) is 73.5 Å². The van der Waals surface area contributed by atoms with Crippen molar-refractivity contribution in [2.45, 2.75) is 102 Å². The summed E-state index contributed by atoms with van der Waals surface area (Å²) in [7, 11) is 1.45. The number of aromatic nitrogens is 2. The molecule has 4 aromatic carbocycles. The lowest BCUT2D eigenvalue weighted by molar-refractivity contribution is 0.0600. The molecule has 270 valence electrons. The van der Waals surface area contributed by atoms with Crippen molar-refractivity contribution in [3.63, 3.8) is 0 Å². The Bertz CT molecular complexity index is 2370. The molecule has 2 saturated carbocycles. The first-order valence-electron chi connectivity index (χ1n) is 19.8. The van der Waals surface area contributed by atoms with Gasteiger partial charge in [-0.2, -0.15) is 0 Å². The van der Waals surface area contributed by atoms with E-state index in [1.807, 2.05) is 18.2 Å². The number of nitrogens with zero attached hydrogens (tertiary/aromatic N) is 2. The van der Waals surface area contributed by atoms with E-state index in [4.69, 9.17) is 4.74 Å². The summed E-state index contributed by atoms with van der Waals surface area (Å²) in [5.74, 6) is 0.0951. The van der Waals surface area contributed by atoms with Gasteiger partial charge in [0.05, 0.1) is 29.6 Å². The van der Waals surface area contributed by atoms with Crippen LogP contribution in [0.5, 0.6) is 0 Å². The zero-order chi connectivity index (χ0) is 36.1. The highest BCUT2D eigenvalue weighted by Gasteiger charge is 2.31. The molecule has 2 aliphatic heterocycles. The molecule has 1 N–H and O–H groups in total. The summed E-state index contributed by atoms with van der Waals surface area (Å²) < 4.78 is 9.80. The Morgan fingerprint density at radius 3 is 1.53 bits per heavy atom. The summed E-state index contributed by atoms with van der Waals surface area (Å²) in [4.78, 5) is 23.6. The summed E-state index contributed by atoms with van der Waals surface area (Å²) in [6.07, 6.45) is 15.0. The molecule has 0 atom stereocenters. The number of aromatic carboxylic acids is 1. The van der Waals surface area contributed by atoms with Gasteiger partial charge in [-0.15, -0.1) is 0 Å². The van der Waals surface area contributed by atoms with Gasteiger partial charge in [-0.25, -0.2) is 9.59 Å². The average molecular weight is 705 g/mol. The smallest absolute Gasteiger partial charge is 0.337 e. The van der Waals surface area contributed by atoms with Gasteiger partial charge in [0.25, 0.3) is 0 Å². The minimum absolute atomic E-state index is 0.261. The highest BCUT2D eigenvalue weighted by atomic mass is 16.5. The Labute approximate surface area is 311 Å². The Hall–Kier alpha value is -5.10. The first-order valence-corrected chi connectivity index (χ1v) is 19.8. The molecule has 6 aromatic rings. The highest BCUT2D eigenvalue weighted by Crippen LogP contribution is 2.48. The number of ether oxygens (including phenoxy) is 1. The number of aryl methyl sites for hydroxylation is 4. The van der Waals surface area contributed by atoms with Gasteiger partial charge >= 0.3 is 11.9 Å². The molecule has 0 spiro atoms. The lowest BCUT2D eigenvalue weighted by atomic mass is 9.81. The van der Waals surface area contributed by atoms with Crippen molar-refractivity contribution >= 4 is 33.7 Å². The molecule has 0 bridgehead atoms. The molecule has 0 unspecified atom stereocenters. The Morgan fingerprint density at radius 1 is 0.604 bits per heavy atom. The maximum atomic E-state index is 12.1. The predicted octanol–water partition coefficient (Wildman–Crippen LogP) is 11.3. The van der Waals surface area contributed by atoms with E-state index in [0.717, 1.165) is 31.4 Å². The lowest BCUT2D eigenvalue weighted by Crippen LogP contribution is -2.13. The molecular weight excluding hydrogens is 657 g/mol. The number of fused-ring (bicyclic) bond motifs is 10. The van der Waals surface area contributed by atoms with Crippen LogP contribution in [-0.2, 0) is 30.7 Å². The second-order valence-electron chi connectivity index (χ2n) is 15.6. The molecule has 4 heterocycles. The third-order valence-electron chi connectivity index (χ3n) is 12.7. The van der Waals surface area contributed by atoms with Crippen molar-refractivity contribution < 1.29 is 19.4 Å². The fourth-order valence-electron chi connectivity index (χ4n) is 10.2. The predicted molar refractivity (Wildman–Crippen MR) is 212 cm³/mol. The van der Waals surface area contributed by atoms with Crippen LogP contribution in [0.15, 0.2) is 84.9 Å². The number of benzene rings is 4. The van der Waals surface area contributed by atoms with Crippen LogP contribution in [0.2, 0.25) is 0 Å². The third kappa shape index (κ3) is 5.87. The van der Waals surface area contributed by atoms with Gasteiger partial charge in [0.1, 0.15) is 0 Å². The van der Waals surface area contributed by atoms with E-state index < -0.39 is 5.97 Å².